The van der Waals surface area contributed by atoms with Crippen molar-refractivity contribution < 1.29 is 19.0 Å². The van der Waals surface area contributed by atoms with E-state index in [4.69, 9.17) is 9.47 Å². The van der Waals surface area contributed by atoms with Crippen LogP contribution in [0.25, 0.3) is 10.9 Å². The first-order valence-corrected chi connectivity index (χ1v) is 11.7. The van der Waals surface area contributed by atoms with Crippen LogP contribution in [0, 0.1) is 5.82 Å². The fraction of sp³-hybridized carbons (Fsp3) is 0.286. The molecule has 0 spiro atoms. The molecular formula is C28H27FN2O3. The molecule has 2 aliphatic rings. The number of aliphatic hydroxyl groups is 1. The van der Waals surface area contributed by atoms with E-state index in [9.17, 15) is 9.50 Å². The molecule has 4 aromatic rings. The van der Waals surface area contributed by atoms with Gasteiger partial charge < -0.3 is 19.1 Å². The zero-order chi connectivity index (χ0) is 23.2. The van der Waals surface area contributed by atoms with Crippen LogP contribution in [0.3, 0.4) is 0 Å². The van der Waals surface area contributed by atoms with Crippen LogP contribution in [0.2, 0.25) is 0 Å². The number of rotatable bonds is 5. The monoisotopic (exact) mass is 458 g/mol. The Morgan fingerprint density at radius 1 is 1.06 bits per heavy atom. The van der Waals surface area contributed by atoms with Crippen molar-refractivity contribution in [2.75, 3.05) is 13.7 Å². The van der Waals surface area contributed by atoms with Gasteiger partial charge in [-0.15, -0.1) is 0 Å². The molecule has 1 aromatic heterocycles. The molecule has 34 heavy (non-hydrogen) atoms. The van der Waals surface area contributed by atoms with E-state index < -0.39 is 0 Å². The lowest BCUT2D eigenvalue weighted by molar-refractivity contribution is 0.145. The molecule has 0 fully saturated rings. The molecule has 1 unspecified atom stereocenters. The van der Waals surface area contributed by atoms with E-state index in [1.165, 1.54) is 17.2 Å². The number of aromatic nitrogens is 1. The molecule has 0 bridgehead atoms. The van der Waals surface area contributed by atoms with Crippen molar-refractivity contribution in [1.82, 2.24) is 9.47 Å². The Hall–Kier alpha value is -3.35. The van der Waals surface area contributed by atoms with E-state index in [1.54, 1.807) is 19.2 Å². The third kappa shape index (κ3) is 3.45. The lowest BCUT2D eigenvalue weighted by Crippen LogP contribution is -2.39. The molecular weight excluding hydrogens is 431 g/mol. The smallest absolute Gasteiger partial charge is 0.162 e. The van der Waals surface area contributed by atoms with Crippen LogP contribution in [0.4, 0.5) is 4.39 Å². The molecule has 0 saturated heterocycles. The minimum absolute atomic E-state index is 0.110. The van der Waals surface area contributed by atoms with E-state index in [-0.39, 0.29) is 18.6 Å². The molecule has 3 aromatic carbocycles. The zero-order valence-corrected chi connectivity index (χ0v) is 19.1. The van der Waals surface area contributed by atoms with Gasteiger partial charge in [-0.3, -0.25) is 4.90 Å². The molecule has 0 radical (unpaired) electrons. The highest BCUT2D eigenvalue weighted by molar-refractivity contribution is 5.86. The summed E-state index contributed by atoms with van der Waals surface area (Å²) in [6.45, 7) is 2.01. The summed E-state index contributed by atoms with van der Waals surface area (Å²) in [5.41, 5.74) is 6.70. The fourth-order valence-corrected chi connectivity index (χ4v) is 5.60. The van der Waals surface area contributed by atoms with Crippen molar-refractivity contribution in [3.8, 4) is 11.5 Å². The zero-order valence-electron chi connectivity index (χ0n) is 19.1. The van der Waals surface area contributed by atoms with Crippen molar-refractivity contribution in [3.63, 3.8) is 0 Å². The first-order valence-electron chi connectivity index (χ1n) is 11.7. The Kier molecular flexibility index (Phi) is 5.27. The summed E-state index contributed by atoms with van der Waals surface area (Å²) < 4.78 is 27.9. The van der Waals surface area contributed by atoms with Gasteiger partial charge in [-0.2, -0.15) is 0 Å². The third-order valence-corrected chi connectivity index (χ3v) is 7.27. The maximum Gasteiger partial charge on any atom is 0.162 e. The summed E-state index contributed by atoms with van der Waals surface area (Å²) in [5.74, 6) is 1.23. The lowest BCUT2D eigenvalue weighted by atomic mass is 9.85. The average molecular weight is 459 g/mol. The Balaban J connectivity index is 1.39. The fourth-order valence-electron chi connectivity index (χ4n) is 5.60. The Bertz CT molecular complexity index is 1370. The van der Waals surface area contributed by atoms with Gasteiger partial charge in [0.1, 0.15) is 19.2 Å². The first kappa shape index (κ1) is 21.2. The van der Waals surface area contributed by atoms with Crippen LogP contribution < -0.4 is 9.47 Å². The number of nitrogens with zero attached hydrogens (tertiary/aromatic N) is 2. The molecule has 6 heteroatoms. The molecule has 0 amide bonds. The highest BCUT2D eigenvalue weighted by Crippen LogP contribution is 2.44. The first-order chi connectivity index (χ1) is 16.7. The van der Waals surface area contributed by atoms with Gasteiger partial charge in [-0.05, 0) is 65.4 Å². The third-order valence-electron chi connectivity index (χ3n) is 7.27. The summed E-state index contributed by atoms with van der Waals surface area (Å²) in [6, 6.07) is 19.3. The number of methoxy groups -OCH3 is 1. The van der Waals surface area contributed by atoms with Crippen molar-refractivity contribution in [2.24, 2.45) is 0 Å². The Morgan fingerprint density at radius 3 is 2.71 bits per heavy atom. The van der Waals surface area contributed by atoms with E-state index in [0.29, 0.717) is 6.61 Å². The quantitative estimate of drug-likeness (QED) is 0.459. The van der Waals surface area contributed by atoms with E-state index in [2.05, 4.69) is 17.0 Å². The number of benzene rings is 3. The van der Waals surface area contributed by atoms with Crippen LogP contribution >= 0.6 is 0 Å². The number of fused-ring (bicyclic) bond motifs is 6. The van der Waals surface area contributed by atoms with Gasteiger partial charge in [-0.1, -0.05) is 30.3 Å². The molecule has 0 aliphatic carbocycles. The summed E-state index contributed by atoms with van der Waals surface area (Å²) in [6.07, 6.45) is 1.68. The van der Waals surface area contributed by atoms with Gasteiger partial charge in [0.2, 0.25) is 0 Å². The normalized spacial score (nSPS) is 17.2. The van der Waals surface area contributed by atoms with Crippen LogP contribution in [0.5, 0.6) is 11.5 Å². The molecule has 1 atom stereocenters. The average Bonchev–Trinajstić information content (AvgIpc) is 3.17. The predicted octanol–water partition coefficient (Wildman–Crippen LogP) is 4.97. The maximum absolute atomic E-state index is 14.1. The number of hydrogen-bond donors (Lipinski definition) is 1. The van der Waals surface area contributed by atoms with E-state index in [1.807, 2.05) is 34.9 Å². The van der Waals surface area contributed by atoms with Crippen molar-refractivity contribution in [1.29, 1.82) is 0 Å². The van der Waals surface area contributed by atoms with Crippen LogP contribution in [-0.4, -0.2) is 28.2 Å². The number of aliphatic hydroxyl groups excluding tert-OH is 1. The number of halogens is 1. The minimum atomic E-state index is -0.252. The molecule has 2 aliphatic heterocycles. The van der Waals surface area contributed by atoms with Gasteiger partial charge >= 0.3 is 0 Å². The SMILES string of the molecule is COc1cc2c(cc1OCc1ccccc1)C1Cc3c(n(CO)c4ccc(F)cc34)CN1CC2. The predicted molar refractivity (Wildman–Crippen MR) is 128 cm³/mol. The summed E-state index contributed by atoms with van der Waals surface area (Å²) in [4.78, 5) is 2.46. The second kappa shape index (κ2) is 8.46. The summed E-state index contributed by atoms with van der Waals surface area (Å²) in [5, 5.41) is 11.0. The van der Waals surface area contributed by atoms with E-state index >= 15 is 0 Å². The van der Waals surface area contributed by atoms with Gasteiger partial charge in [0.25, 0.3) is 0 Å². The number of ether oxygens (including phenoxy) is 2. The highest BCUT2D eigenvalue weighted by atomic mass is 19.1. The molecule has 0 saturated carbocycles. The van der Waals surface area contributed by atoms with Crippen LogP contribution in [-0.2, 0) is 32.7 Å². The lowest BCUT2D eigenvalue weighted by Gasteiger charge is -2.41. The minimum Gasteiger partial charge on any atom is -0.493 e. The highest BCUT2D eigenvalue weighted by Gasteiger charge is 2.36. The van der Waals surface area contributed by atoms with Crippen molar-refractivity contribution in [2.45, 2.75) is 38.8 Å². The van der Waals surface area contributed by atoms with Crippen LogP contribution in [0.15, 0.2) is 60.7 Å². The van der Waals surface area contributed by atoms with Crippen molar-refractivity contribution in [3.05, 3.63) is 94.4 Å². The molecule has 6 rings (SSSR count). The standard InChI is InChI=1S/C28H27FN2O3/c1-33-27-11-19-9-10-30-15-26-23(22-12-20(29)7-8-24(22)31(26)17-32)13-25(30)21(19)14-28(27)34-16-18-5-3-2-4-6-18/h2-8,11-12,14,25,32H,9-10,13,15-17H2,1H3. The largest absolute Gasteiger partial charge is 0.493 e. The molecule has 1 N–H and O–H groups in total. The van der Waals surface area contributed by atoms with E-state index in [0.717, 1.165) is 65.2 Å². The topological polar surface area (TPSA) is 46.9 Å². The molecule has 5 nitrogen and oxygen atoms in total. The number of hydrogen-bond acceptors (Lipinski definition) is 4. The second-order valence-electron chi connectivity index (χ2n) is 9.07. The van der Waals surface area contributed by atoms with Gasteiger partial charge in [0, 0.05) is 30.2 Å². The Morgan fingerprint density at radius 2 is 1.91 bits per heavy atom. The maximum atomic E-state index is 14.1. The summed E-state index contributed by atoms with van der Waals surface area (Å²) in [7, 11) is 1.68. The van der Waals surface area contributed by atoms with Gasteiger partial charge in [0.15, 0.2) is 11.5 Å². The molecule has 3 heterocycles. The second-order valence-corrected chi connectivity index (χ2v) is 9.07. The van der Waals surface area contributed by atoms with Crippen molar-refractivity contribution >= 4 is 10.9 Å². The molecule has 174 valence electrons. The van der Waals surface area contributed by atoms with Crippen LogP contribution in [0.1, 0.15) is 34.0 Å². The van der Waals surface area contributed by atoms with Gasteiger partial charge in [-0.25, -0.2) is 4.39 Å². The van der Waals surface area contributed by atoms with Gasteiger partial charge in [0.05, 0.1) is 12.6 Å². The summed E-state index contributed by atoms with van der Waals surface area (Å²) >= 11 is 0. The Labute approximate surface area is 198 Å².